The van der Waals surface area contributed by atoms with Gasteiger partial charge in [-0.25, -0.2) is 15.6 Å². The third-order valence-electron chi connectivity index (χ3n) is 6.30. The first-order valence-electron chi connectivity index (χ1n) is 10.8. The number of urea groups is 1. The van der Waals surface area contributed by atoms with Crippen LogP contribution in [0.2, 0.25) is 0 Å². The van der Waals surface area contributed by atoms with Gasteiger partial charge in [0.25, 0.3) is 0 Å². The normalized spacial score (nSPS) is 23.2. The standard InChI is InChI=1S/C22H31N7O2/c1-15-5-4-6-16(11-15)12-25-27-21(30)28-14-19-18(22(28,2)3)13-24-20(26-19)29(23)17-7-9-31-10-8-17/h4-6,11,13,17,19H,7-10,12,14,23H2,1-3H3,(H,24,26). The molecule has 2 amide bonds. The van der Waals surface area contributed by atoms with Crippen molar-refractivity contribution in [3.05, 3.63) is 47.2 Å². The van der Waals surface area contributed by atoms with Crippen LogP contribution in [-0.2, 0) is 11.3 Å². The number of guanidine groups is 1. The fourth-order valence-electron chi connectivity index (χ4n) is 4.42. The van der Waals surface area contributed by atoms with Gasteiger partial charge in [-0.1, -0.05) is 34.9 Å². The molecule has 0 spiro atoms. The molecule has 3 heterocycles. The van der Waals surface area contributed by atoms with E-state index in [0.29, 0.717) is 32.3 Å². The lowest BCUT2D eigenvalue weighted by atomic mass is 9.93. The number of amides is 2. The number of benzene rings is 1. The molecule has 1 unspecified atom stereocenters. The second-order valence-electron chi connectivity index (χ2n) is 8.83. The van der Waals surface area contributed by atoms with Crippen molar-refractivity contribution in [3.63, 3.8) is 0 Å². The molecule has 0 saturated carbocycles. The number of nitrogens with two attached hydrogens (primary N) is 1. The van der Waals surface area contributed by atoms with Crippen LogP contribution in [0.25, 0.3) is 0 Å². The number of aryl methyl sites for hydroxylation is 1. The zero-order valence-corrected chi connectivity index (χ0v) is 18.4. The van der Waals surface area contributed by atoms with Crippen LogP contribution < -0.4 is 11.2 Å². The lowest BCUT2D eigenvalue weighted by Gasteiger charge is -2.35. The van der Waals surface area contributed by atoms with Crippen LogP contribution >= 0.6 is 0 Å². The molecule has 1 aromatic rings. The van der Waals surface area contributed by atoms with Crippen molar-refractivity contribution in [2.75, 3.05) is 19.8 Å². The van der Waals surface area contributed by atoms with Crippen LogP contribution in [0.1, 0.15) is 37.8 Å². The van der Waals surface area contributed by atoms with Crippen molar-refractivity contribution in [2.45, 2.75) is 57.8 Å². The van der Waals surface area contributed by atoms with Crippen LogP contribution in [0.3, 0.4) is 0 Å². The van der Waals surface area contributed by atoms with E-state index in [1.165, 1.54) is 0 Å². The fraction of sp³-hybridized carbons (Fsp3) is 0.545. The van der Waals surface area contributed by atoms with Gasteiger partial charge in [0.05, 0.1) is 24.2 Å². The lowest BCUT2D eigenvalue weighted by Crippen LogP contribution is -2.56. The monoisotopic (exact) mass is 425 g/mol. The Kier molecular flexibility index (Phi) is 6.06. The van der Waals surface area contributed by atoms with Gasteiger partial charge in [0.2, 0.25) is 5.96 Å². The Morgan fingerprint density at radius 3 is 2.90 bits per heavy atom. The van der Waals surface area contributed by atoms with Crippen LogP contribution in [-0.4, -0.2) is 59.3 Å². The Morgan fingerprint density at radius 2 is 2.16 bits per heavy atom. The van der Waals surface area contributed by atoms with E-state index in [4.69, 9.17) is 10.6 Å². The smallest absolute Gasteiger partial charge is 0.362 e. The van der Waals surface area contributed by atoms with Crippen molar-refractivity contribution < 1.29 is 9.53 Å². The van der Waals surface area contributed by atoms with Crippen molar-refractivity contribution in [3.8, 4) is 0 Å². The van der Waals surface area contributed by atoms with Crippen LogP contribution in [0.4, 0.5) is 4.79 Å². The number of hydrogen-bond acceptors (Lipinski definition) is 7. The molecular formula is C22H31N7O2. The summed E-state index contributed by atoms with van der Waals surface area (Å²) in [4.78, 5) is 19.1. The molecule has 0 aromatic heterocycles. The summed E-state index contributed by atoms with van der Waals surface area (Å²) in [5.74, 6) is 6.97. The Bertz CT molecular complexity index is 918. The molecule has 31 heavy (non-hydrogen) atoms. The highest BCUT2D eigenvalue weighted by atomic mass is 16.5. The van der Waals surface area contributed by atoms with Gasteiger partial charge in [0.15, 0.2) is 0 Å². The maximum atomic E-state index is 12.8. The van der Waals surface area contributed by atoms with E-state index in [0.717, 1.165) is 29.5 Å². The van der Waals surface area contributed by atoms with Crippen molar-refractivity contribution in [2.24, 2.45) is 21.1 Å². The van der Waals surface area contributed by atoms with Gasteiger partial charge in [-0.2, -0.15) is 5.11 Å². The number of hydrazine groups is 1. The van der Waals surface area contributed by atoms with Gasteiger partial charge in [0.1, 0.15) is 0 Å². The summed E-state index contributed by atoms with van der Waals surface area (Å²) >= 11 is 0. The summed E-state index contributed by atoms with van der Waals surface area (Å²) in [5.41, 5.74) is 2.72. The molecule has 9 nitrogen and oxygen atoms in total. The molecule has 0 bridgehead atoms. The second kappa shape index (κ2) is 8.76. The first-order valence-corrected chi connectivity index (χ1v) is 10.8. The van der Waals surface area contributed by atoms with E-state index in [1.807, 2.05) is 51.2 Å². The fourth-order valence-corrected chi connectivity index (χ4v) is 4.42. The first kappa shape index (κ1) is 21.5. The second-order valence-corrected chi connectivity index (χ2v) is 8.83. The van der Waals surface area contributed by atoms with Crippen molar-refractivity contribution >= 4 is 12.0 Å². The third kappa shape index (κ3) is 4.47. The molecule has 3 aliphatic heterocycles. The quantitative estimate of drug-likeness (QED) is 0.440. The number of azo groups is 1. The zero-order valence-electron chi connectivity index (χ0n) is 18.4. The summed E-state index contributed by atoms with van der Waals surface area (Å²) < 4.78 is 5.42. The Morgan fingerprint density at radius 1 is 1.39 bits per heavy atom. The number of nitrogens with one attached hydrogen (secondary N) is 1. The topological polar surface area (TPSA) is 108 Å². The number of rotatable bonds is 3. The zero-order chi connectivity index (χ0) is 22.0. The molecule has 1 aromatic carbocycles. The van der Waals surface area contributed by atoms with Gasteiger partial charge in [0, 0.05) is 26.0 Å². The molecule has 2 fully saturated rings. The van der Waals surface area contributed by atoms with Crippen LogP contribution in [0.15, 0.2) is 51.3 Å². The van der Waals surface area contributed by atoms with Crippen molar-refractivity contribution in [1.82, 2.24) is 15.2 Å². The van der Waals surface area contributed by atoms with Gasteiger partial charge >= 0.3 is 6.03 Å². The highest BCUT2D eigenvalue weighted by Crippen LogP contribution is 2.36. The van der Waals surface area contributed by atoms with E-state index < -0.39 is 5.54 Å². The summed E-state index contributed by atoms with van der Waals surface area (Å²) in [7, 11) is 0. The molecule has 2 saturated heterocycles. The number of nitrogens with zero attached hydrogens (tertiary/aromatic N) is 5. The molecule has 0 aliphatic carbocycles. The van der Waals surface area contributed by atoms with Gasteiger partial charge in [-0.15, -0.1) is 0 Å². The van der Waals surface area contributed by atoms with E-state index in [9.17, 15) is 4.79 Å². The van der Waals surface area contributed by atoms with Crippen molar-refractivity contribution in [1.29, 1.82) is 0 Å². The first-order chi connectivity index (χ1) is 14.9. The summed E-state index contributed by atoms with van der Waals surface area (Å²) in [6.45, 7) is 8.33. The van der Waals surface area contributed by atoms with E-state index in [1.54, 1.807) is 9.91 Å². The van der Waals surface area contributed by atoms with Gasteiger partial charge in [-0.3, -0.25) is 5.01 Å². The third-order valence-corrected chi connectivity index (χ3v) is 6.30. The van der Waals surface area contributed by atoms with Crippen LogP contribution in [0.5, 0.6) is 0 Å². The summed E-state index contributed by atoms with van der Waals surface area (Å²) in [6.07, 6.45) is 3.58. The molecule has 3 aliphatic rings. The molecule has 4 rings (SSSR count). The van der Waals surface area contributed by atoms with Crippen LogP contribution in [0, 0.1) is 6.92 Å². The number of fused-ring (bicyclic) bond motifs is 1. The largest absolute Gasteiger partial charge is 0.381 e. The number of likely N-dealkylation sites (tertiary alicyclic amines) is 1. The molecule has 9 heteroatoms. The molecule has 0 radical (unpaired) electrons. The SMILES string of the molecule is Cc1cccc(CN=NC(=O)N2CC3NC(N(N)C4CCOCC4)=NC=C3C2(C)C)c1. The van der Waals surface area contributed by atoms with Gasteiger partial charge < -0.3 is 15.0 Å². The lowest BCUT2D eigenvalue weighted by molar-refractivity contribution is 0.0540. The minimum atomic E-state index is -0.510. The number of carbonyl (C=O) groups is 1. The number of carbonyl (C=O) groups excluding carboxylic acids is 1. The molecule has 3 N–H and O–H groups in total. The molecule has 166 valence electrons. The summed E-state index contributed by atoms with van der Waals surface area (Å²) in [5, 5.41) is 13.2. The minimum Gasteiger partial charge on any atom is -0.381 e. The number of ether oxygens (including phenoxy) is 1. The predicted molar refractivity (Wildman–Crippen MR) is 118 cm³/mol. The number of hydrogen-bond donors (Lipinski definition) is 2. The molecular weight excluding hydrogens is 394 g/mol. The Labute approximate surface area is 183 Å². The maximum absolute atomic E-state index is 12.8. The average molecular weight is 426 g/mol. The Hall–Kier alpha value is -2.78. The highest BCUT2D eigenvalue weighted by Gasteiger charge is 2.47. The predicted octanol–water partition coefficient (Wildman–Crippen LogP) is 2.73. The molecule has 1 atom stereocenters. The minimum absolute atomic E-state index is 0.0516. The van der Waals surface area contributed by atoms with E-state index in [-0.39, 0.29) is 18.1 Å². The van der Waals surface area contributed by atoms with Gasteiger partial charge in [-0.05, 0) is 44.7 Å². The number of aliphatic imine (C=N–C) groups is 1. The van der Waals surface area contributed by atoms with E-state index >= 15 is 0 Å². The average Bonchev–Trinajstić information content (AvgIpc) is 3.04. The Balaban J connectivity index is 1.41. The highest BCUT2D eigenvalue weighted by molar-refractivity contribution is 5.84. The van der Waals surface area contributed by atoms with E-state index in [2.05, 4.69) is 20.5 Å². The maximum Gasteiger partial charge on any atom is 0.362 e. The summed E-state index contributed by atoms with van der Waals surface area (Å²) in [6, 6.07) is 7.83.